The van der Waals surface area contributed by atoms with Crippen molar-refractivity contribution >= 4 is 34.6 Å². The van der Waals surface area contributed by atoms with Crippen LogP contribution >= 0.6 is 0 Å². The average Bonchev–Trinajstić information content (AvgIpc) is 2.69. The van der Waals surface area contributed by atoms with Gasteiger partial charge in [-0.2, -0.15) is 0 Å². The standard InChI is InChI=1S/C24H21BN2/c1-16-9-14-21(17(2)15-16)18-10-12-20(13-11-18)25-26-22-7-3-5-19-6-4-8-23(27-25)24(19)22/h3-15,26-27H,1-2H3. The molecule has 0 unspecified atom stereocenters. The van der Waals surface area contributed by atoms with E-state index in [1.165, 1.54) is 49.9 Å². The Morgan fingerprint density at radius 2 is 1.37 bits per heavy atom. The van der Waals surface area contributed by atoms with Gasteiger partial charge in [-0.3, -0.25) is 0 Å². The van der Waals surface area contributed by atoms with Crippen molar-refractivity contribution in [2.24, 2.45) is 0 Å². The summed E-state index contributed by atoms with van der Waals surface area (Å²) in [5.74, 6) is 0. The highest BCUT2D eigenvalue weighted by atomic mass is 15.0. The smallest absolute Gasteiger partial charge is 0.405 e. The highest BCUT2D eigenvalue weighted by Crippen LogP contribution is 2.34. The Balaban J connectivity index is 1.48. The molecule has 0 saturated carbocycles. The van der Waals surface area contributed by atoms with Gasteiger partial charge in [0.2, 0.25) is 0 Å². The molecule has 0 atom stereocenters. The minimum Gasteiger partial charge on any atom is -0.405 e. The van der Waals surface area contributed by atoms with E-state index in [0.29, 0.717) is 0 Å². The first kappa shape index (κ1) is 16.0. The minimum atomic E-state index is 0.0682. The molecule has 1 heterocycles. The van der Waals surface area contributed by atoms with Crippen LogP contribution in [0, 0.1) is 13.8 Å². The molecule has 27 heavy (non-hydrogen) atoms. The highest BCUT2D eigenvalue weighted by molar-refractivity contribution is 6.80. The molecule has 0 aromatic heterocycles. The van der Waals surface area contributed by atoms with Gasteiger partial charge in [0.1, 0.15) is 0 Å². The van der Waals surface area contributed by atoms with E-state index in [4.69, 9.17) is 0 Å². The number of rotatable bonds is 2. The molecule has 0 fully saturated rings. The Labute approximate surface area is 160 Å². The summed E-state index contributed by atoms with van der Waals surface area (Å²) in [4.78, 5) is 0. The van der Waals surface area contributed by atoms with Crippen LogP contribution in [0.25, 0.3) is 21.9 Å². The summed E-state index contributed by atoms with van der Waals surface area (Å²) >= 11 is 0. The summed E-state index contributed by atoms with van der Waals surface area (Å²) in [7, 11) is 0. The lowest BCUT2D eigenvalue weighted by Gasteiger charge is -2.27. The quantitative estimate of drug-likeness (QED) is 0.477. The Hall–Kier alpha value is -3.20. The fraction of sp³-hybridized carbons (Fsp3) is 0.0833. The first-order chi connectivity index (χ1) is 13.2. The molecule has 0 spiro atoms. The van der Waals surface area contributed by atoms with E-state index >= 15 is 0 Å². The van der Waals surface area contributed by atoms with Crippen molar-refractivity contribution in [1.29, 1.82) is 0 Å². The lowest BCUT2D eigenvalue weighted by molar-refractivity contribution is 1.38. The van der Waals surface area contributed by atoms with Gasteiger partial charge in [0.05, 0.1) is 0 Å². The van der Waals surface area contributed by atoms with Crippen molar-refractivity contribution in [2.45, 2.75) is 13.8 Å². The van der Waals surface area contributed by atoms with E-state index < -0.39 is 0 Å². The molecule has 2 nitrogen and oxygen atoms in total. The molecule has 0 amide bonds. The molecular formula is C24H21BN2. The van der Waals surface area contributed by atoms with Gasteiger partial charge in [-0.1, -0.05) is 72.3 Å². The topological polar surface area (TPSA) is 24.1 Å². The maximum atomic E-state index is 3.64. The third kappa shape index (κ3) is 2.76. The third-order valence-electron chi connectivity index (χ3n) is 5.44. The van der Waals surface area contributed by atoms with Gasteiger partial charge in [0, 0.05) is 16.8 Å². The molecule has 4 aromatic rings. The number of aryl methyl sites for hydroxylation is 2. The van der Waals surface area contributed by atoms with Crippen molar-refractivity contribution in [3.8, 4) is 11.1 Å². The maximum absolute atomic E-state index is 3.64. The predicted octanol–water partition coefficient (Wildman–Crippen LogP) is 5.36. The van der Waals surface area contributed by atoms with Crippen molar-refractivity contribution in [1.82, 2.24) is 0 Å². The van der Waals surface area contributed by atoms with Crippen LogP contribution in [0.1, 0.15) is 11.1 Å². The lowest BCUT2D eigenvalue weighted by atomic mass is 9.66. The monoisotopic (exact) mass is 348 g/mol. The molecule has 3 heteroatoms. The number of nitrogens with one attached hydrogen (secondary N) is 2. The van der Waals surface area contributed by atoms with Crippen molar-refractivity contribution in [2.75, 3.05) is 10.5 Å². The fourth-order valence-electron chi connectivity index (χ4n) is 4.09. The number of hydrogen-bond acceptors (Lipinski definition) is 2. The molecule has 1 aliphatic rings. The van der Waals surface area contributed by atoms with Crippen LogP contribution in [0.3, 0.4) is 0 Å². The van der Waals surface area contributed by atoms with E-state index in [1.54, 1.807) is 0 Å². The summed E-state index contributed by atoms with van der Waals surface area (Å²) in [6.45, 7) is 4.38. The zero-order chi connectivity index (χ0) is 18.4. The van der Waals surface area contributed by atoms with E-state index in [-0.39, 0.29) is 6.98 Å². The summed E-state index contributed by atoms with van der Waals surface area (Å²) in [5, 5.41) is 9.81. The summed E-state index contributed by atoms with van der Waals surface area (Å²) < 4.78 is 0. The zero-order valence-electron chi connectivity index (χ0n) is 15.6. The molecule has 4 aromatic carbocycles. The minimum absolute atomic E-state index is 0.0682. The normalized spacial score (nSPS) is 12.6. The first-order valence-corrected chi connectivity index (χ1v) is 9.41. The van der Waals surface area contributed by atoms with Crippen LogP contribution in [0.2, 0.25) is 0 Å². The molecule has 0 saturated heterocycles. The lowest BCUT2D eigenvalue weighted by Crippen LogP contribution is -2.47. The Morgan fingerprint density at radius 3 is 2.00 bits per heavy atom. The second-order valence-corrected chi connectivity index (χ2v) is 7.37. The molecule has 1 aliphatic heterocycles. The van der Waals surface area contributed by atoms with Crippen molar-refractivity contribution in [3.05, 3.63) is 90.0 Å². The molecule has 5 rings (SSSR count). The second-order valence-electron chi connectivity index (χ2n) is 7.37. The van der Waals surface area contributed by atoms with Gasteiger partial charge in [-0.05, 0) is 53.5 Å². The van der Waals surface area contributed by atoms with Crippen LogP contribution in [-0.2, 0) is 0 Å². The molecule has 0 radical (unpaired) electrons. The van der Waals surface area contributed by atoms with Gasteiger partial charge in [-0.25, -0.2) is 0 Å². The Morgan fingerprint density at radius 1 is 0.704 bits per heavy atom. The van der Waals surface area contributed by atoms with Crippen LogP contribution in [0.4, 0.5) is 11.4 Å². The van der Waals surface area contributed by atoms with Crippen LogP contribution in [-0.4, -0.2) is 6.98 Å². The zero-order valence-corrected chi connectivity index (χ0v) is 15.6. The number of benzene rings is 4. The van der Waals surface area contributed by atoms with Gasteiger partial charge in [0.25, 0.3) is 0 Å². The van der Waals surface area contributed by atoms with E-state index in [9.17, 15) is 0 Å². The average molecular weight is 348 g/mol. The van der Waals surface area contributed by atoms with Crippen molar-refractivity contribution in [3.63, 3.8) is 0 Å². The van der Waals surface area contributed by atoms with Gasteiger partial charge in [-0.15, -0.1) is 0 Å². The van der Waals surface area contributed by atoms with Gasteiger partial charge in [0.15, 0.2) is 0 Å². The molecule has 2 N–H and O–H groups in total. The molecule has 130 valence electrons. The summed E-state index contributed by atoms with van der Waals surface area (Å²) in [5.41, 5.74) is 8.78. The SMILES string of the molecule is Cc1ccc(-c2ccc(B3Nc4cccc5cccc(c45)N3)cc2)c(C)c1. The van der Waals surface area contributed by atoms with Gasteiger partial charge >= 0.3 is 6.98 Å². The van der Waals surface area contributed by atoms with Gasteiger partial charge < -0.3 is 10.5 Å². The molecular weight excluding hydrogens is 327 g/mol. The van der Waals surface area contributed by atoms with Crippen LogP contribution in [0.15, 0.2) is 78.9 Å². The highest BCUT2D eigenvalue weighted by Gasteiger charge is 2.25. The fourth-order valence-corrected chi connectivity index (χ4v) is 4.09. The van der Waals surface area contributed by atoms with Crippen LogP contribution in [0.5, 0.6) is 0 Å². The van der Waals surface area contributed by atoms with E-state index in [2.05, 4.69) is 103 Å². The number of anilines is 2. The maximum Gasteiger partial charge on any atom is 0.406 e. The van der Waals surface area contributed by atoms with Crippen LogP contribution < -0.4 is 15.9 Å². The number of hydrogen-bond donors (Lipinski definition) is 2. The largest absolute Gasteiger partial charge is 0.406 e. The second kappa shape index (κ2) is 6.20. The predicted molar refractivity (Wildman–Crippen MR) is 118 cm³/mol. The first-order valence-electron chi connectivity index (χ1n) is 9.41. The Bertz CT molecular complexity index is 1110. The van der Waals surface area contributed by atoms with Crippen molar-refractivity contribution < 1.29 is 0 Å². The third-order valence-corrected chi connectivity index (χ3v) is 5.44. The summed E-state index contributed by atoms with van der Waals surface area (Å²) in [6, 6.07) is 28.4. The molecule has 0 aliphatic carbocycles. The van der Waals surface area contributed by atoms with E-state index in [0.717, 1.165) is 0 Å². The summed E-state index contributed by atoms with van der Waals surface area (Å²) in [6.07, 6.45) is 0. The van der Waals surface area contributed by atoms with E-state index in [1.807, 2.05) is 0 Å². The molecule has 0 bridgehead atoms. The Kier molecular flexibility index (Phi) is 3.68.